The maximum absolute atomic E-state index is 12.2. The molecule has 0 spiro atoms. The lowest BCUT2D eigenvalue weighted by Crippen LogP contribution is -2.14. The lowest BCUT2D eigenvalue weighted by Gasteiger charge is -2.10. The number of nitrogen functional groups attached to an aromatic ring is 1. The van der Waals surface area contributed by atoms with Crippen molar-refractivity contribution >= 4 is 17.3 Å². The van der Waals surface area contributed by atoms with E-state index in [0.717, 1.165) is 0 Å². The third kappa shape index (κ3) is 2.54. The van der Waals surface area contributed by atoms with E-state index < -0.39 is 0 Å². The second-order valence-corrected chi connectivity index (χ2v) is 4.32. The number of nitrogens with zero attached hydrogens (tertiary/aromatic N) is 1. The summed E-state index contributed by atoms with van der Waals surface area (Å²) in [5.74, 6) is -0.305. The van der Waals surface area contributed by atoms with E-state index in [2.05, 4.69) is 5.32 Å². The molecule has 0 aliphatic heterocycles. The Kier molecular flexibility index (Phi) is 3.58. The van der Waals surface area contributed by atoms with Gasteiger partial charge >= 0.3 is 0 Å². The van der Waals surface area contributed by atoms with Crippen LogP contribution in [0.3, 0.4) is 0 Å². The van der Waals surface area contributed by atoms with Crippen molar-refractivity contribution in [3.63, 3.8) is 0 Å². The molecule has 2 rings (SSSR count). The number of amides is 1. The number of anilines is 2. The fourth-order valence-corrected chi connectivity index (χ4v) is 1.81. The molecule has 0 saturated carbocycles. The average Bonchev–Trinajstić information content (AvgIpc) is 2.44. The molecule has 0 bridgehead atoms. The molecule has 1 amide bonds. The molecular weight excluding hydrogens is 254 g/mol. The smallest absolute Gasteiger partial charge is 0.256 e. The summed E-state index contributed by atoms with van der Waals surface area (Å²) in [6.45, 7) is 1.66. The second kappa shape index (κ2) is 5.33. The molecule has 5 heteroatoms. The lowest BCUT2D eigenvalue weighted by atomic mass is 10.1. The Labute approximate surface area is 116 Å². The monoisotopic (exact) mass is 267 g/mol. The highest BCUT2D eigenvalue weighted by atomic mass is 16.3. The Morgan fingerprint density at radius 3 is 2.75 bits per heavy atom. The first-order valence-electron chi connectivity index (χ1n) is 5.92. The molecule has 4 N–H and O–H groups in total. The van der Waals surface area contributed by atoms with Crippen LogP contribution < -0.4 is 11.1 Å². The molecule has 0 heterocycles. The molecule has 0 unspecified atom stereocenters. The summed E-state index contributed by atoms with van der Waals surface area (Å²) in [6.07, 6.45) is 0. The van der Waals surface area contributed by atoms with Gasteiger partial charge in [-0.05, 0) is 37.3 Å². The van der Waals surface area contributed by atoms with E-state index in [0.29, 0.717) is 28.1 Å². The van der Waals surface area contributed by atoms with E-state index in [9.17, 15) is 9.90 Å². The number of nitrogens with two attached hydrogens (primary N) is 1. The highest BCUT2D eigenvalue weighted by Crippen LogP contribution is 2.23. The molecule has 0 aliphatic rings. The normalized spacial score (nSPS) is 9.80. The van der Waals surface area contributed by atoms with Crippen molar-refractivity contribution in [2.24, 2.45) is 0 Å². The van der Waals surface area contributed by atoms with Crippen LogP contribution in [0.25, 0.3) is 0 Å². The number of carbonyl (C=O) groups is 1. The first kappa shape index (κ1) is 13.4. The quantitative estimate of drug-likeness (QED) is 0.727. The zero-order chi connectivity index (χ0) is 14.7. The van der Waals surface area contributed by atoms with Crippen molar-refractivity contribution in [2.75, 3.05) is 11.1 Å². The molecule has 0 fully saturated rings. The highest BCUT2D eigenvalue weighted by Gasteiger charge is 2.12. The van der Waals surface area contributed by atoms with E-state index >= 15 is 0 Å². The molecule has 0 atom stereocenters. The maximum Gasteiger partial charge on any atom is 0.256 e. The van der Waals surface area contributed by atoms with E-state index in [-0.39, 0.29) is 11.7 Å². The second-order valence-electron chi connectivity index (χ2n) is 4.32. The van der Waals surface area contributed by atoms with Crippen LogP contribution in [0.15, 0.2) is 36.4 Å². The summed E-state index contributed by atoms with van der Waals surface area (Å²) in [5.41, 5.74) is 7.81. The van der Waals surface area contributed by atoms with Gasteiger partial charge in [-0.1, -0.05) is 6.07 Å². The largest absolute Gasteiger partial charge is 0.508 e. The van der Waals surface area contributed by atoms with Crippen LogP contribution in [0, 0.1) is 18.3 Å². The van der Waals surface area contributed by atoms with Gasteiger partial charge in [0.05, 0.1) is 23.0 Å². The first-order chi connectivity index (χ1) is 9.52. The van der Waals surface area contributed by atoms with Crippen molar-refractivity contribution in [2.45, 2.75) is 6.92 Å². The van der Waals surface area contributed by atoms with Gasteiger partial charge in [-0.25, -0.2) is 0 Å². The van der Waals surface area contributed by atoms with Gasteiger partial charge in [0.2, 0.25) is 0 Å². The van der Waals surface area contributed by atoms with Gasteiger partial charge in [0.25, 0.3) is 5.91 Å². The van der Waals surface area contributed by atoms with Crippen molar-refractivity contribution in [3.05, 3.63) is 53.1 Å². The third-order valence-electron chi connectivity index (χ3n) is 2.98. The van der Waals surface area contributed by atoms with Gasteiger partial charge in [0, 0.05) is 11.1 Å². The number of nitrogens with one attached hydrogen (secondary N) is 1. The molecule has 2 aromatic rings. The van der Waals surface area contributed by atoms with Gasteiger partial charge in [-0.3, -0.25) is 4.79 Å². The van der Waals surface area contributed by atoms with E-state index in [1.165, 1.54) is 12.1 Å². The Morgan fingerprint density at radius 1 is 1.35 bits per heavy atom. The number of hydrogen-bond donors (Lipinski definition) is 3. The molecule has 0 saturated heterocycles. The predicted octanol–water partition coefficient (Wildman–Crippen LogP) is 2.41. The minimum Gasteiger partial charge on any atom is -0.508 e. The van der Waals surface area contributed by atoms with Crippen LogP contribution in [-0.4, -0.2) is 11.0 Å². The van der Waals surface area contributed by atoms with Gasteiger partial charge in [-0.2, -0.15) is 5.26 Å². The summed E-state index contributed by atoms with van der Waals surface area (Å²) in [7, 11) is 0. The number of benzene rings is 2. The van der Waals surface area contributed by atoms with Crippen LogP contribution in [0.5, 0.6) is 5.75 Å². The summed E-state index contributed by atoms with van der Waals surface area (Å²) >= 11 is 0. The average molecular weight is 267 g/mol. The van der Waals surface area contributed by atoms with Crippen LogP contribution in [0.4, 0.5) is 11.4 Å². The number of aromatic hydroxyl groups is 1. The van der Waals surface area contributed by atoms with Crippen LogP contribution in [0.1, 0.15) is 21.5 Å². The van der Waals surface area contributed by atoms with E-state index in [1.54, 1.807) is 31.2 Å². The van der Waals surface area contributed by atoms with Crippen LogP contribution in [0.2, 0.25) is 0 Å². The van der Waals surface area contributed by atoms with Gasteiger partial charge in [0.1, 0.15) is 5.75 Å². The van der Waals surface area contributed by atoms with Crippen molar-refractivity contribution in [3.8, 4) is 11.8 Å². The fourth-order valence-electron chi connectivity index (χ4n) is 1.81. The molecule has 0 radical (unpaired) electrons. The number of phenols is 1. The van der Waals surface area contributed by atoms with Crippen molar-refractivity contribution in [1.82, 2.24) is 0 Å². The standard InChI is InChI=1S/C15H13N3O2/c1-9-11(3-2-4-14(9)19)15(20)18-13-6-5-10(8-16)7-12(13)17/h2-7,19H,17H2,1H3,(H,18,20). The summed E-state index contributed by atoms with van der Waals surface area (Å²) < 4.78 is 0. The Morgan fingerprint density at radius 2 is 2.10 bits per heavy atom. The number of nitriles is 1. The Bertz CT molecular complexity index is 718. The number of rotatable bonds is 2. The topological polar surface area (TPSA) is 99.1 Å². The molecule has 100 valence electrons. The maximum atomic E-state index is 12.2. The molecule has 2 aromatic carbocycles. The third-order valence-corrected chi connectivity index (χ3v) is 2.98. The summed E-state index contributed by atoms with van der Waals surface area (Å²) in [5, 5.41) is 21.0. The number of carbonyl (C=O) groups excluding carboxylic acids is 1. The zero-order valence-electron chi connectivity index (χ0n) is 10.8. The van der Waals surface area contributed by atoms with Crippen molar-refractivity contribution in [1.29, 1.82) is 5.26 Å². The zero-order valence-corrected chi connectivity index (χ0v) is 10.8. The number of hydrogen-bond acceptors (Lipinski definition) is 4. The summed E-state index contributed by atoms with van der Waals surface area (Å²) in [4.78, 5) is 12.2. The van der Waals surface area contributed by atoms with Gasteiger partial charge in [0.15, 0.2) is 0 Å². The minimum absolute atomic E-state index is 0.0606. The first-order valence-corrected chi connectivity index (χ1v) is 5.92. The summed E-state index contributed by atoms with van der Waals surface area (Å²) in [6, 6.07) is 11.3. The molecular formula is C15H13N3O2. The molecule has 5 nitrogen and oxygen atoms in total. The Hall–Kier alpha value is -3.00. The highest BCUT2D eigenvalue weighted by molar-refractivity contribution is 6.07. The number of phenolic OH excluding ortho intramolecular Hbond substituents is 1. The molecule has 20 heavy (non-hydrogen) atoms. The SMILES string of the molecule is Cc1c(O)cccc1C(=O)Nc1ccc(C#N)cc1N. The fraction of sp³-hybridized carbons (Fsp3) is 0.0667. The van der Waals surface area contributed by atoms with Gasteiger partial charge in [-0.15, -0.1) is 0 Å². The van der Waals surface area contributed by atoms with Crippen LogP contribution in [-0.2, 0) is 0 Å². The lowest BCUT2D eigenvalue weighted by molar-refractivity contribution is 0.102. The Balaban J connectivity index is 2.29. The van der Waals surface area contributed by atoms with Gasteiger partial charge < -0.3 is 16.2 Å². The van der Waals surface area contributed by atoms with Crippen molar-refractivity contribution < 1.29 is 9.90 Å². The molecule has 0 aromatic heterocycles. The minimum atomic E-state index is -0.366. The molecule has 0 aliphatic carbocycles. The van der Waals surface area contributed by atoms with Crippen LogP contribution >= 0.6 is 0 Å². The van der Waals surface area contributed by atoms with E-state index in [4.69, 9.17) is 11.0 Å². The predicted molar refractivity (Wildman–Crippen MR) is 76.4 cm³/mol. The van der Waals surface area contributed by atoms with E-state index in [1.807, 2.05) is 6.07 Å².